The summed E-state index contributed by atoms with van der Waals surface area (Å²) in [7, 11) is 1.74. The van der Waals surface area contributed by atoms with Crippen molar-refractivity contribution < 1.29 is 22.4 Å². The Morgan fingerprint density at radius 3 is 2.58 bits per heavy atom. The average molecular weight is 624 g/mol. The summed E-state index contributed by atoms with van der Waals surface area (Å²) in [4.78, 5) is 33.5. The molecule has 1 N–H and O–H groups in total. The van der Waals surface area contributed by atoms with Crippen molar-refractivity contribution in [3.05, 3.63) is 81.9 Å². The molecule has 4 heterocycles. The number of nitrogens with zero attached hydrogens (tertiary/aromatic N) is 6. The first-order valence-corrected chi connectivity index (χ1v) is 14.9. The number of pyridine rings is 2. The quantitative estimate of drug-likeness (QED) is 0.251. The normalized spacial score (nSPS) is 17.4. The highest BCUT2D eigenvalue weighted by molar-refractivity contribution is 6.04. The second-order valence-corrected chi connectivity index (χ2v) is 12.1. The molecule has 1 amide bonds. The lowest BCUT2D eigenvalue weighted by Gasteiger charge is -2.31. The van der Waals surface area contributed by atoms with Crippen molar-refractivity contribution in [2.45, 2.75) is 57.8 Å². The lowest BCUT2D eigenvalue weighted by molar-refractivity contribution is -0.141. The van der Waals surface area contributed by atoms with Gasteiger partial charge in [-0.2, -0.15) is 13.2 Å². The summed E-state index contributed by atoms with van der Waals surface area (Å²) < 4.78 is 56.9. The number of anilines is 1. The molecule has 6 rings (SSSR count). The van der Waals surface area contributed by atoms with Gasteiger partial charge in [-0.3, -0.25) is 14.5 Å². The monoisotopic (exact) mass is 623 g/mol. The van der Waals surface area contributed by atoms with Crippen LogP contribution in [0.4, 0.5) is 23.4 Å². The molecule has 1 aliphatic heterocycles. The van der Waals surface area contributed by atoms with E-state index >= 15 is 0 Å². The molecule has 13 heteroatoms. The van der Waals surface area contributed by atoms with E-state index in [2.05, 4.69) is 32.3 Å². The molecular formula is C32H33F4N7O2. The highest BCUT2D eigenvalue weighted by atomic mass is 19.4. The lowest BCUT2D eigenvalue weighted by Crippen LogP contribution is -2.36. The molecule has 1 saturated heterocycles. The number of piperidine rings is 1. The van der Waals surface area contributed by atoms with Crippen LogP contribution in [-0.2, 0) is 20.1 Å². The van der Waals surface area contributed by atoms with Gasteiger partial charge in [-0.1, -0.05) is 13.0 Å². The van der Waals surface area contributed by atoms with E-state index in [0.717, 1.165) is 38.8 Å². The van der Waals surface area contributed by atoms with Crippen LogP contribution in [0.3, 0.4) is 0 Å². The first-order valence-electron chi connectivity index (χ1n) is 14.9. The van der Waals surface area contributed by atoms with E-state index in [-0.39, 0.29) is 11.7 Å². The molecule has 0 radical (unpaired) electrons. The Hall–Kier alpha value is -4.39. The zero-order chi connectivity index (χ0) is 31.9. The van der Waals surface area contributed by atoms with Crippen LogP contribution in [0.5, 0.6) is 0 Å². The van der Waals surface area contributed by atoms with Gasteiger partial charge in [-0.25, -0.2) is 9.37 Å². The Morgan fingerprint density at radius 2 is 1.89 bits per heavy atom. The lowest BCUT2D eigenvalue weighted by atomic mass is 9.98. The maximum Gasteiger partial charge on any atom is 0.406 e. The molecule has 0 unspecified atom stereocenters. The minimum Gasteiger partial charge on any atom is -0.317 e. The molecule has 1 saturated carbocycles. The van der Waals surface area contributed by atoms with Gasteiger partial charge in [0, 0.05) is 43.5 Å². The smallest absolute Gasteiger partial charge is 0.317 e. The number of aromatic nitrogens is 5. The van der Waals surface area contributed by atoms with Crippen LogP contribution in [-0.4, -0.2) is 54.4 Å². The van der Waals surface area contributed by atoms with E-state index in [9.17, 15) is 27.2 Å². The third-order valence-corrected chi connectivity index (χ3v) is 8.21. The Bertz CT molecular complexity index is 1790. The largest absolute Gasteiger partial charge is 0.406 e. The second kappa shape index (κ2) is 12.2. The van der Waals surface area contributed by atoms with Gasteiger partial charge < -0.3 is 14.5 Å². The molecule has 2 fully saturated rings. The highest BCUT2D eigenvalue weighted by Crippen LogP contribution is 2.42. The van der Waals surface area contributed by atoms with E-state index in [1.165, 1.54) is 30.7 Å². The van der Waals surface area contributed by atoms with Crippen molar-refractivity contribution in [3.8, 4) is 22.5 Å². The van der Waals surface area contributed by atoms with E-state index in [1.807, 2.05) is 6.07 Å². The van der Waals surface area contributed by atoms with Gasteiger partial charge in [0.2, 0.25) is 0 Å². The van der Waals surface area contributed by atoms with E-state index in [4.69, 9.17) is 0 Å². The molecule has 1 aromatic carbocycles. The van der Waals surface area contributed by atoms with Crippen molar-refractivity contribution in [1.29, 1.82) is 0 Å². The highest BCUT2D eigenvalue weighted by Gasteiger charge is 2.31. The van der Waals surface area contributed by atoms with Gasteiger partial charge in [0.25, 0.3) is 11.5 Å². The minimum absolute atomic E-state index is 0.129. The van der Waals surface area contributed by atoms with Crippen LogP contribution in [0.1, 0.15) is 60.1 Å². The van der Waals surface area contributed by atoms with Gasteiger partial charge in [0.1, 0.15) is 30.1 Å². The number of hydrogen-bond acceptors (Lipinski definition) is 6. The van der Waals surface area contributed by atoms with E-state index in [0.29, 0.717) is 50.8 Å². The molecular weight excluding hydrogens is 590 g/mol. The van der Waals surface area contributed by atoms with Crippen molar-refractivity contribution >= 4 is 11.7 Å². The zero-order valence-electron chi connectivity index (χ0n) is 24.9. The van der Waals surface area contributed by atoms with Crippen molar-refractivity contribution in [2.24, 2.45) is 13.0 Å². The summed E-state index contributed by atoms with van der Waals surface area (Å²) >= 11 is 0. The van der Waals surface area contributed by atoms with Crippen molar-refractivity contribution in [3.63, 3.8) is 0 Å². The molecule has 0 bridgehead atoms. The zero-order valence-corrected chi connectivity index (χ0v) is 24.9. The van der Waals surface area contributed by atoms with Gasteiger partial charge in [-0.05, 0) is 85.2 Å². The average Bonchev–Trinajstić information content (AvgIpc) is 3.74. The first-order chi connectivity index (χ1) is 21.4. The number of likely N-dealkylation sites (tertiary alicyclic amines) is 1. The van der Waals surface area contributed by atoms with Crippen LogP contribution in [0, 0.1) is 11.7 Å². The SMILES string of the molecule is C[C@H]1CCCN(Cc2cc(C(=O)Nc3cc(-c4ccc(F)cc4-c4nncn4C)cc(C4CC4)n3)c(=O)n(CC(F)(F)F)c2)C1. The number of carbonyl (C=O) groups is 1. The fourth-order valence-electron chi connectivity index (χ4n) is 5.97. The molecule has 0 spiro atoms. The fourth-order valence-corrected chi connectivity index (χ4v) is 5.97. The number of alkyl halides is 3. The number of aryl methyl sites for hydroxylation is 1. The predicted octanol–water partition coefficient (Wildman–Crippen LogP) is 5.77. The standard InChI is InChI=1S/C32H33F4N7O2/c1-19-4-3-9-42(14-19)15-20-10-26(31(45)43(16-20)17-32(34,35)36)30(44)39-28-12-22(11-27(38-28)21-5-6-21)24-8-7-23(33)13-25(24)29-40-37-18-41(29)2/h7-8,10-13,16,18-19,21H,3-6,9,14-15,17H2,1-2H3,(H,38,39,44)/t19-/m0/s1. The van der Waals surface area contributed by atoms with Crippen molar-refractivity contribution in [1.82, 2.24) is 29.2 Å². The van der Waals surface area contributed by atoms with Crippen LogP contribution in [0.2, 0.25) is 0 Å². The molecule has 45 heavy (non-hydrogen) atoms. The number of amides is 1. The van der Waals surface area contributed by atoms with Crippen LogP contribution < -0.4 is 10.9 Å². The molecule has 4 aromatic rings. The minimum atomic E-state index is -4.65. The Kier molecular flexibility index (Phi) is 8.29. The van der Waals surface area contributed by atoms with E-state index in [1.54, 1.807) is 23.7 Å². The number of hydrogen-bond donors (Lipinski definition) is 1. The Labute approximate surface area is 256 Å². The number of rotatable bonds is 8. The third kappa shape index (κ3) is 7.14. The van der Waals surface area contributed by atoms with Crippen LogP contribution in [0.15, 0.2) is 53.7 Å². The summed E-state index contributed by atoms with van der Waals surface area (Å²) in [6.07, 6.45) is 1.90. The maximum atomic E-state index is 14.4. The molecule has 1 aliphatic carbocycles. The summed E-state index contributed by atoms with van der Waals surface area (Å²) in [6.45, 7) is 2.49. The topological polar surface area (TPSA) is 97.9 Å². The summed E-state index contributed by atoms with van der Waals surface area (Å²) in [5.74, 6) is -0.148. The number of benzene rings is 1. The summed E-state index contributed by atoms with van der Waals surface area (Å²) in [5.41, 5.74) is 1.44. The molecule has 3 aromatic heterocycles. The van der Waals surface area contributed by atoms with Gasteiger partial charge in [0.05, 0.1) is 0 Å². The third-order valence-electron chi connectivity index (χ3n) is 8.21. The Balaban J connectivity index is 1.37. The molecule has 9 nitrogen and oxygen atoms in total. The first kappa shape index (κ1) is 30.6. The van der Waals surface area contributed by atoms with Crippen LogP contribution in [0.25, 0.3) is 22.5 Å². The van der Waals surface area contributed by atoms with Crippen LogP contribution >= 0.6 is 0 Å². The molecule has 236 valence electrons. The number of halogens is 4. The summed E-state index contributed by atoms with van der Waals surface area (Å²) in [6, 6.07) is 9.13. The number of nitrogens with one attached hydrogen (secondary N) is 1. The second-order valence-electron chi connectivity index (χ2n) is 12.1. The van der Waals surface area contributed by atoms with Gasteiger partial charge in [0.15, 0.2) is 5.82 Å². The van der Waals surface area contributed by atoms with Crippen molar-refractivity contribution in [2.75, 3.05) is 18.4 Å². The summed E-state index contributed by atoms with van der Waals surface area (Å²) in [5, 5.41) is 10.7. The van der Waals surface area contributed by atoms with E-state index < -0.39 is 35.6 Å². The number of carbonyl (C=O) groups excluding carboxylic acids is 1. The van der Waals surface area contributed by atoms with Gasteiger partial charge in [-0.15, -0.1) is 10.2 Å². The van der Waals surface area contributed by atoms with Gasteiger partial charge >= 0.3 is 6.18 Å². The Morgan fingerprint density at radius 1 is 1.09 bits per heavy atom. The molecule has 2 aliphatic rings. The molecule has 1 atom stereocenters. The predicted molar refractivity (Wildman–Crippen MR) is 160 cm³/mol. The maximum absolute atomic E-state index is 14.4. The fraction of sp³-hybridized carbons (Fsp3) is 0.406.